The Kier molecular flexibility index (Phi) is 5.35. The molecule has 1 rings (SSSR count). The van der Waals surface area contributed by atoms with Gasteiger partial charge in [0.15, 0.2) is 0 Å². The molecule has 1 aliphatic rings. The number of hydrogen-bond acceptors (Lipinski definition) is 3. The fourth-order valence-electron chi connectivity index (χ4n) is 1.57. The molecule has 3 nitrogen and oxygen atoms in total. The van der Waals surface area contributed by atoms with Gasteiger partial charge < -0.3 is 15.4 Å². The Morgan fingerprint density at radius 2 is 2.38 bits per heavy atom. The van der Waals surface area contributed by atoms with Crippen molar-refractivity contribution in [2.45, 2.75) is 38.8 Å². The summed E-state index contributed by atoms with van der Waals surface area (Å²) in [6.07, 6.45) is 3.00. The first-order chi connectivity index (χ1) is 6.29. The lowest BCUT2D eigenvalue weighted by molar-refractivity contribution is 0.0807. The summed E-state index contributed by atoms with van der Waals surface area (Å²) in [5.74, 6) is 0. The predicted molar refractivity (Wildman–Crippen MR) is 55.0 cm³/mol. The molecule has 13 heavy (non-hydrogen) atoms. The van der Waals surface area contributed by atoms with Crippen LogP contribution in [0.1, 0.15) is 26.7 Å². The minimum Gasteiger partial charge on any atom is -0.377 e. The average Bonchev–Trinajstić information content (AvgIpc) is 2.55. The summed E-state index contributed by atoms with van der Waals surface area (Å²) >= 11 is 0. The summed E-state index contributed by atoms with van der Waals surface area (Å²) in [7, 11) is 0. The molecule has 1 aliphatic heterocycles. The van der Waals surface area contributed by atoms with Crippen LogP contribution in [0.3, 0.4) is 0 Å². The van der Waals surface area contributed by atoms with E-state index in [1.807, 2.05) is 0 Å². The van der Waals surface area contributed by atoms with Crippen molar-refractivity contribution >= 4 is 0 Å². The normalized spacial score (nSPS) is 22.8. The molecule has 78 valence electrons. The summed E-state index contributed by atoms with van der Waals surface area (Å²) in [6.45, 7) is 8.20. The molecule has 0 aromatic rings. The summed E-state index contributed by atoms with van der Waals surface area (Å²) in [4.78, 5) is 0. The Morgan fingerprint density at radius 1 is 1.54 bits per heavy atom. The van der Waals surface area contributed by atoms with Crippen molar-refractivity contribution in [3.8, 4) is 0 Å². The van der Waals surface area contributed by atoms with Gasteiger partial charge in [-0.05, 0) is 33.2 Å². The third-order valence-corrected chi connectivity index (χ3v) is 2.28. The number of nitrogens with one attached hydrogen (secondary N) is 2. The smallest absolute Gasteiger partial charge is 0.0594 e. The monoisotopic (exact) mass is 186 g/mol. The van der Waals surface area contributed by atoms with Gasteiger partial charge in [-0.15, -0.1) is 0 Å². The lowest BCUT2D eigenvalue weighted by atomic mass is 10.2. The van der Waals surface area contributed by atoms with Crippen molar-refractivity contribution in [1.29, 1.82) is 0 Å². The molecule has 1 saturated heterocycles. The van der Waals surface area contributed by atoms with Gasteiger partial charge in [0.05, 0.1) is 12.7 Å². The molecule has 1 fully saturated rings. The Balaban J connectivity index is 1.83. The molecule has 1 unspecified atom stereocenters. The van der Waals surface area contributed by atoms with Crippen LogP contribution in [0.4, 0.5) is 0 Å². The highest BCUT2D eigenvalue weighted by molar-refractivity contribution is 4.75. The van der Waals surface area contributed by atoms with Gasteiger partial charge in [-0.2, -0.15) is 0 Å². The highest BCUT2D eigenvalue weighted by atomic mass is 16.5. The fraction of sp³-hybridized carbons (Fsp3) is 1.00. The highest BCUT2D eigenvalue weighted by Gasteiger charge is 2.12. The standard InChI is InChI=1S/C10H22N2O/c1-9(2)13-7-6-11-8-10-4-3-5-12-10/h9-12H,3-8H2,1-2H3. The largest absolute Gasteiger partial charge is 0.377 e. The minimum absolute atomic E-state index is 0.353. The molecule has 1 atom stereocenters. The predicted octanol–water partition coefficient (Wildman–Crippen LogP) is 0.753. The molecule has 0 radical (unpaired) electrons. The van der Waals surface area contributed by atoms with Crippen LogP contribution in [0, 0.1) is 0 Å². The summed E-state index contributed by atoms with van der Waals surface area (Å²) in [5.41, 5.74) is 0. The van der Waals surface area contributed by atoms with Crippen LogP contribution < -0.4 is 10.6 Å². The quantitative estimate of drug-likeness (QED) is 0.601. The molecule has 3 heteroatoms. The van der Waals surface area contributed by atoms with E-state index >= 15 is 0 Å². The summed E-state index contributed by atoms with van der Waals surface area (Å²) in [5, 5.41) is 6.85. The van der Waals surface area contributed by atoms with Gasteiger partial charge in [0.2, 0.25) is 0 Å². The maximum atomic E-state index is 5.42. The Hall–Kier alpha value is -0.120. The molecular formula is C10H22N2O. The molecule has 0 bridgehead atoms. The van der Waals surface area contributed by atoms with Crippen LogP contribution in [-0.4, -0.2) is 38.4 Å². The zero-order chi connectivity index (χ0) is 9.52. The van der Waals surface area contributed by atoms with Gasteiger partial charge in [0, 0.05) is 19.1 Å². The van der Waals surface area contributed by atoms with E-state index in [-0.39, 0.29) is 0 Å². The number of ether oxygens (including phenoxy) is 1. The van der Waals surface area contributed by atoms with Gasteiger partial charge in [-0.3, -0.25) is 0 Å². The van der Waals surface area contributed by atoms with Crippen molar-refractivity contribution in [1.82, 2.24) is 10.6 Å². The maximum Gasteiger partial charge on any atom is 0.0594 e. The molecule has 2 N–H and O–H groups in total. The van der Waals surface area contributed by atoms with Crippen LogP contribution in [0.2, 0.25) is 0 Å². The van der Waals surface area contributed by atoms with Crippen molar-refractivity contribution < 1.29 is 4.74 Å². The van der Waals surface area contributed by atoms with Crippen molar-refractivity contribution in [2.24, 2.45) is 0 Å². The van der Waals surface area contributed by atoms with Crippen LogP contribution in [0.15, 0.2) is 0 Å². The van der Waals surface area contributed by atoms with Crippen LogP contribution in [-0.2, 0) is 4.74 Å². The van der Waals surface area contributed by atoms with E-state index < -0.39 is 0 Å². The van der Waals surface area contributed by atoms with E-state index in [4.69, 9.17) is 4.74 Å². The lowest BCUT2D eigenvalue weighted by Gasteiger charge is -2.12. The van der Waals surface area contributed by atoms with Gasteiger partial charge >= 0.3 is 0 Å². The van der Waals surface area contributed by atoms with Gasteiger partial charge in [0.1, 0.15) is 0 Å². The van der Waals surface area contributed by atoms with Crippen molar-refractivity contribution in [2.75, 3.05) is 26.2 Å². The summed E-state index contributed by atoms with van der Waals surface area (Å²) in [6, 6.07) is 0.694. The molecule has 0 spiro atoms. The van der Waals surface area contributed by atoms with Crippen LogP contribution >= 0.6 is 0 Å². The zero-order valence-electron chi connectivity index (χ0n) is 8.81. The van der Waals surface area contributed by atoms with E-state index in [1.165, 1.54) is 19.4 Å². The Morgan fingerprint density at radius 3 is 3.00 bits per heavy atom. The molecule has 0 aromatic heterocycles. The lowest BCUT2D eigenvalue weighted by Crippen LogP contribution is -2.35. The molecule has 1 heterocycles. The highest BCUT2D eigenvalue weighted by Crippen LogP contribution is 2.02. The third kappa shape index (κ3) is 5.24. The van der Waals surface area contributed by atoms with E-state index in [0.717, 1.165) is 19.7 Å². The second kappa shape index (κ2) is 6.35. The second-order valence-corrected chi connectivity index (χ2v) is 3.92. The van der Waals surface area contributed by atoms with Crippen molar-refractivity contribution in [3.63, 3.8) is 0 Å². The summed E-state index contributed by atoms with van der Waals surface area (Å²) < 4.78 is 5.42. The second-order valence-electron chi connectivity index (χ2n) is 3.92. The first-order valence-corrected chi connectivity index (χ1v) is 5.34. The first-order valence-electron chi connectivity index (χ1n) is 5.34. The van der Waals surface area contributed by atoms with Crippen LogP contribution in [0.5, 0.6) is 0 Å². The number of rotatable bonds is 6. The molecule has 0 amide bonds. The van der Waals surface area contributed by atoms with Gasteiger partial charge in [-0.1, -0.05) is 0 Å². The van der Waals surface area contributed by atoms with E-state index in [9.17, 15) is 0 Å². The minimum atomic E-state index is 0.353. The van der Waals surface area contributed by atoms with Crippen LogP contribution in [0.25, 0.3) is 0 Å². The van der Waals surface area contributed by atoms with Crippen molar-refractivity contribution in [3.05, 3.63) is 0 Å². The van der Waals surface area contributed by atoms with Gasteiger partial charge in [0.25, 0.3) is 0 Å². The molecular weight excluding hydrogens is 164 g/mol. The van der Waals surface area contributed by atoms with E-state index in [2.05, 4.69) is 24.5 Å². The topological polar surface area (TPSA) is 33.3 Å². The van der Waals surface area contributed by atoms with E-state index in [1.54, 1.807) is 0 Å². The zero-order valence-corrected chi connectivity index (χ0v) is 8.81. The Bertz CT molecular complexity index is 122. The van der Waals surface area contributed by atoms with Gasteiger partial charge in [-0.25, -0.2) is 0 Å². The SMILES string of the molecule is CC(C)OCCNCC1CCCN1. The maximum absolute atomic E-state index is 5.42. The first kappa shape index (κ1) is 11.0. The number of hydrogen-bond donors (Lipinski definition) is 2. The Labute approximate surface area is 81.2 Å². The third-order valence-electron chi connectivity index (χ3n) is 2.28. The fourth-order valence-corrected chi connectivity index (χ4v) is 1.57. The molecule has 0 saturated carbocycles. The average molecular weight is 186 g/mol. The van der Waals surface area contributed by atoms with E-state index in [0.29, 0.717) is 12.1 Å². The molecule has 0 aliphatic carbocycles. The molecule has 0 aromatic carbocycles.